The number of rotatable bonds is 2. The fourth-order valence-corrected chi connectivity index (χ4v) is 0.979. The van der Waals surface area contributed by atoms with E-state index < -0.39 is 0 Å². The zero-order valence-electron chi connectivity index (χ0n) is 8.36. The Morgan fingerprint density at radius 3 is 2.86 bits per heavy atom. The van der Waals surface area contributed by atoms with E-state index in [2.05, 4.69) is 9.98 Å². The third kappa shape index (κ3) is 2.58. The molecule has 14 heavy (non-hydrogen) atoms. The lowest BCUT2D eigenvalue weighted by Crippen LogP contribution is -2.09. The average molecular weight is 190 g/mol. The van der Waals surface area contributed by atoms with E-state index >= 15 is 0 Å². The van der Waals surface area contributed by atoms with Crippen LogP contribution in [0.2, 0.25) is 0 Å². The van der Waals surface area contributed by atoms with E-state index in [9.17, 15) is 0 Å². The van der Waals surface area contributed by atoms with Crippen LogP contribution in [0.4, 0.5) is 5.69 Å². The van der Waals surface area contributed by atoms with Crippen LogP contribution in [0.5, 0.6) is 0 Å². The Morgan fingerprint density at radius 1 is 1.57 bits per heavy atom. The van der Waals surface area contributed by atoms with Crippen molar-refractivity contribution in [3.63, 3.8) is 0 Å². The lowest BCUT2D eigenvalue weighted by molar-refractivity contribution is 1.19. The van der Waals surface area contributed by atoms with Crippen LogP contribution in [0.15, 0.2) is 35.2 Å². The third-order valence-electron chi connectivity index (χ3n) is 1.77. The number of nitrogens with two attached hydrogens (primary N) is 2. The van der Waals surface area contributed by atoms with E-state index in [1.54, 1.807) is 6.20 Å². The summed E-state index contributed by atoms with van der Waals surface area (Å²) in [4.78, 5) is 8.37. The van der Waals surface area contributed by atoms with Crippen molar-refractivity contribution in [2.45, 2.75) is 13.8 Å². The number of hydrogen-bond acceptors (Lipinski definition) is 4. The molecular formula is C10H14N4. The van der Waals surface area contributed by atoms with Crippen LogP contribution in [-0.4, -0.2) is 10.7 Å². The van der Waals surface area contributed by atoms with Crippen molar-refractivity contribution >= 4 is 11.4 Å². The maximum atomic E-state index is 5.59. The molecule has 4 nitrogen and oxygen atoms in total. The number of aliphatic imine (C=N–C) groups is 1. The normalized spacial score (nSPS) is 13.0. The first-order valence-corrected chi connectivity index (χ1v) is 4.29. The van der Waals surface area contributed by atoms with Gasteiger partial charge in [0.05, 0.1) is 17.1 Å². The standard InChI is InChI=1S/C10H14N4/c1-7-5-9(3-4-13-7)14-8(2)10(12)6-11/h3-6H,11-12H2,1-2H3. The maximum Gasteiger partial charge on any atom is 0.0687 e. The van der Waals surface area contributed by atoms with E-state index in [0.29, 0.717) is 11.4 Å². The summed E-state index contributed by atoms with van der Waals surface area (Å²) in [5.41, 5.74) is 13.8. The molecule has 4 N–H and O–H groups in total. The van der Waals surface area contributed by atoms with Crippen LogP contribution in [0.25, 0.3) is 0 Å². The molecule has 0 fully saturated rings. The topological polar surface area (TPSA) is 77.3 Å². The molecule has 0 bridgehead atoms. The monoisotopic (exact) mass is 190 g/mol. The van der Waals surface area contributed by atoms with E-state index in [-0.39, 0.29) is 0 Å². The van der Waals surface area contributed by atoms with Crippen molar-refractivity contribution in [2.24, 2.45) is 16.5 Å². The molecule has 1 rings (SSSR count). The SMILES string of the molecule is CC(=Nc1ccnc(C)c1)C(N)=CN. The second-order valence-electron chi connectivity index (χ2n) is 2.97. The average Bonchev–Trinajstić information content (AvgIpc) is 2.16. The predicted octanol–water partition coefficient (Wildman–Crippen LogP) is 1.24. The number of aromatic nitrogens is 1. The Kier molecular flexibility index (Phi) is 3.23. The molecule has 0 aliphatic carbocycles. The molecule has 0 saturated heterocycles. The smallest absolute Gasteiger partial charge is 0.0687 e. The maximum absolute atomic E-state index is 5.59. The van der Waals surface area contributed by atoms with Crippen molar-refractivity contribution < 1.29 is 0 Å². The molecular weight excluding hydrogens is 176 g/mol. The fourth-order valence-electron chi connectivity index (χ4n) is 0.979. The molecule has 0 amide bonds. The van der Waals surface area contributed by atoms with E-state index in [1.807, 2.05) is 26.0 Å². The molecule has 1 aromatic rings. The largest absolute Gasteiger partial charge is 0.403 e. The van der Waals surface area contributed by atoms with Crippen LogP contribution < -0.4 is 11.5 Å². The van der Waals surface area contributed by atoms with Crippen LogP contribution in [0.3, 0.4) is 0 Å². The summed E-state index contributed by atoms with van der Waals surface area (Å²) in [5, 5.41) is 0. The van der Waals surface area contributed by atoms with Crippen LogP contribution in [-0.2, 0) is 0 Å². The second-order valence-corrected chi connectivity index (χ2v) is 2.97. The number of allylic oxidation sites excluding steroid dienone is 1. The van der Waals surface area contributed by atoms with E-state index in [4.69, 9.17) is 11.5 Å². The summed E-state index contributed by atoms with van der Waals surface area (Å²) in [6, 6.07) is 3.70. The zero-order chi connectivity index (χ0) is 10.6. The highest BCUT2D eigenvalue weighted by Gasteiger charge is 1.96. The minimum absolute atomic E-state index is 0.486. The number of nitrogens with zero attached hydrogens (tertiary/aromatic N) is 2. The Morgan fingerprint density at radius 2 is 2.29 bits per heavy atom. The molecule has 0 atom stereocenters. The lowest BCUT2D eigenvalue weighted by atomic mass is 10.3. The lowest BCUT2D eigenvalue weighted by Gasteiger charge is -2.00. The predicted molar refractivity (Wildman–Crippen MR) is 58.2 cm³/mol. The first-order valence-electron chi connectivity index (χ1n) is 4.29. The Bertz CT molecular complexity index is 379. The summed E-state index contributed by atoms with van der Waals surface area (Å²) < 4.78 is 0. The minimum atomic E-state index is 0.486. The highest BCUT2D eigenvalue weighted by molar-refractivity contribution is 5.98. The summed E-state index contributed by atoms with van der Waals surface area (Å²) in [7, 11) is 0. The summed E-state index contributed by atoms with van der Waals surface area (Å²) in [6.45, 7) is 3.73. The second kappa shape index (κ2) is 4.41. The minimum Gasteiger partial charge on any atom is -0.403 e. The Labute approximate surface area is 83.4 Å². The Balaban J connectivity index is 2.97. The third-order valence-corrected chi connectivity index (χ3v) is 1.77. The first kappa shape index (κ1) is 10.2. The van der Waals surface area contributed by atoms with Gasteiger partial charge in [-0.15, -0.1) is 0 Å². The molecule has 0 radical (unpaired) electrons. The highest BCUT2D eigenvalue weighted by atomic mass is 14.8. The van der Waals surface area contributed by atoms with Gasteiger partial charge in [-0.2, -0.15) is 0 Å². The molecule has 0 aliphatic heterocycles. The van der Waals surface area contributed by atoms with Crippen molar-refractivity contribution in [3.05, 3.63) is 35.9 Å². The molecule has 0 unspecified atom stereocenters. The molecule has 0 spiro atoms. The van der Waals surface area contributed by atoms with Gasteiger partial charge < -0.3 is 11.5 Å². The summed E-state index contributed by atoms with van der Waals surface area (Å²) in [6.07, 6.45) is 3.05. The van der Waals surface area contributed by atoms with Gasteiger partial charge in [0.15, 0.2) is 0 Å². The summed E-state index contributed by atoms with van der Waals surface area (Å²) in [5.74, 6) is 0. The van der Waals surface area contributed by atoms with Gasteiger partial charge in [-0.25, -0.2) is 0 Å². The van der Waals surface area contributed by atoms with Crippen molar-refractivity contribution in [1.29, 1.82) is 0 Å². The molecule has 1 aromatic heterocycles. The van der Waals surface area contributed by atoms with E-state index in [0.717, 1.165) is 11.4 Å². The quantitative estimate of drug-likeness (QED) is 0.689. The van der Waals surface area contributed by atoms with Crippen LogP contribution >= 0.6 is 0 Å². The fraction of sp³-hybridized carbons (Fsp3) is 0.200. The highest BCUT2D eigenvalue weighted by Crippen LogP contribution is 2.12. The van der Waals surface area contributed by atoms with Gasteiger partial charge in [0.2, 0.25) is 0 Å². The van der Waals surface area contributed by atoms with Crippen molar-refractivity contribution in [3.8, 4) is 0 Å². The van der Waals surface area contributed by atoms with Gasteiger partial charge in [0, 0.05) is 18.1 Å². The number of hydrogen-bond donors (Lipinski definition) is 2. The summed E-state index contributed by atoms with van der Waals surface area (Å²) >= 11 is 0. The van der Waals surface area contributed by atoms with Gasteiger partial charge in [0.1, 0.15) is 0 Å². The van der Waals surface area contributed by atoms with Crippen LogP contribution in [0, 0.1) is 6.92 Å². The number of pyridine rings is 1. The molecule has 74 valence electrons. The Hall–Kier alpha value is -1.84. The van der Waals surface area contributed by atoms with Crippen LogP contribution in [0.1, 0.15) is 12.6 Å². The van der Waals surface area contributed by atoms with Crippen molar-refractivity contribution in [2.75, 3.05) is 0 Å². The van der Waals surface area contributed by atoms with E-state index in [1.165, 1.54) is 6.20 Å². The first-order chi connectivity index (χ1) is 6.63. The number of aryl methyl sites for hydroxylation is 1. The van der Waals surface area contributed by atoms with Gasteiger partial charge in [0.25, 0.3) is 0 Å². The molecule has 0 saturated carbocycles. The van der Waals surface area contributed by atoms with Gasteiger partial charge in [-0.05, 0) is 26.0 Å². The molecule has 0 aromatic carbocycles. The zero-order valence-corrected chi connectivity index (χ0v) is 8.36. The molecule has 1 heterocycles. The van der Waals surface area contributed by atoms with Gasteiger partial charge in [-0.1, -0.05) is 0 Å². The van der Waals surface area contributed by atoms with Gasteiger partial charge >= 0.3 is 0 Å². The van der Waals surface area contributed by atoms with Crippen molar-refractivity contribution in [1.82, 2.24) is 4.98 Å². The molecule has 4 heteroatoms. The van der Waals surface area contributed by atoms with Gasteiger partial charge in [-0.3, -0.25) is 9.98 Å². The molecule has 0 aliphatic rings.